The minimum absolute atomic E-state index is 0.0292. The molecule has 3 rings (SSSR count). The summed E-state index contributed by atoms with van der Waals surface area (Å²) in [5.74, 6) is 0. The van der Waals surface area contributed by atoms with Crippen LogP contribution >= 0.6 is 0 Å². The Labute approximate surface area is 132 Å². The number of hydrogen-bond acceptors (Lipinski definition) is 1. The van der Waals surface area contributed by atoms with Gasteiger partial charge < -0.3 is 5.32 Å². The first-order valence-corrected chi connectivity index (χ1v) is 7.87. The van der Waals surface area contributed by atoms with Crippen molar-refractivity contribution in [3.05, 3.63) is 72.4 Å². The highest BCUT2D eigenvalue weighted by molar-refractivity contribution is 6.03. The minimum Gasteiger partial charge on any atom is -0.361 e. The van der Waals surface area contributed by atoms with Gasteiger partial charge in [0.2, 0.25) is 5.69 Å². The second-order valence-corrected chi connectivity index (χ2v) is 6.12. The zero-order valence-corrected chi connectivity index (χ0v) is 13.5. The molecule has 0 aliphatic carbocycles. The van der Waals surface area contributed by atoms with Gasteiger partial charge in [-0.25, -0.2) is 0 Å². The van der Waals surface area contributed by atoms with Crippen LogP contribution in [0.2, 0.25) is 0 Å². The summed E-state index contributed by atoms with van der Waals surface area (Å²) in [5, 5.41) is 3.35. The molecular formula is C20H23N2+. The molecule has 112 valence electrons. The van der Waals surface area contributed by atoms with E-state index in [4.69, 9.17) is 0 Å². The van der Waals surface area contributed by atoms with E-state index in [9.17, 15) is 0 Å². The Hall–Kier alpha value is -2.35. The van der Waals surface area contributed by atoms with E-state index in [0.29, 0.717) is 0 Å². The molecule has 2 aromatic rings. The Morgan fingerprint density at radius 2 is 1.68 bits per heavy atom. The van der Waals surface area contributed by atoms with Crippen LogP contribution in [0.4, 0.5) is 11.4 Å². The Kier molecular flexibility index (Phi) is 3.84. The normalized spacial score (nSPS) is 16.1. The number of anilines is 1. The molecule has 0 saturated heterocycles. The van der Waals surface area contributed by atoms with E-state index in [1.807, 2.05) is 24.4 Å². The van der Waals surface area contributed by atoms with Crippen LogP contribution in [0.1, 0.15) is 26.3 Å². The van der Waals surface area contributed by atoms with Crippen LogP contribution in [0.5, 0.6) is 0 Å². The van der Waals surface area contributed by atoms with Gasteiger partial charge in [0.15, 0.2) is 5.71 Å². The largest absolute Gasteiger partial charge is 0.361 e. The van der Waals surface area contributed by atoms with Crippen LogP contribution in [-0.4, -0.2) is 16.8 Å². The molecule has 0 fully saturated rings. The Morgan fingerprint density at radius 1 is 1.00 bits per heavy atom. The lowest BCUT2D eigenvalue weighted by atomic mass is 9.81. The first-order valence-electron chi connectivity index (χ1n) is 7.87. The van der Waals surface area contributed by atoms with Crippen molar-refractivity contribution in [3.63, 3.8) is 0 Å². The van der Waals surface area contributed by atoms with Gasteiger partial charge in [-0.3, -0.25) is 0 Å². The van der Waals surface area contributed by atoms with Crippen LogP contribution in [-0.2, 0) is 5.41 Å². The molecule has 1 N–H and O–H groups in total. The third-order valence-electron chi connectivity index (χ3n) is 4.38. The summed E-state index contributed by atoms with van der Waals surface area (Å²) in [5.41, 5.74) is 5.20. The van der Waals surface area contributed by atoms with Gasteiger partial charge in [-0.2, -0.15) is 4.58 Å². The first kappa shape index (κ1) is 14.6. The summed E-state index contributed by atoms with van der Waals surface area (Å²) in [6.45, 7) is 7.77. The number of benzene rings is 2. The summed E-state index contributed by atoms with van der Waals surface area (Å²) in [7, 11) is 0. The number of fused-ring (bicyclic) bond motifs is 1. The number of nitrogens with one attached hydrogen (secondary N) is 1. The van der Waals surface area contributed by atoms with E-state index < -0.39 is 0 Å². The second kappa shape index (κ2) is 5.80. The highest BCUT2D eigenvalue weighted by Gasteiger charge is 2.43. The molecule has 2 heteroatoms. The van der Waals surface area contributed by atoms with E-state index in [-0.39, 0.29) is 5.41 Å². The van der Waals surface area contributed by atoms with Gasteiger partial charge in [0.05, 0.1) is 5.41 Å². The van der Waals surface area contributed by atoms with Crippen molar-refractivity contribution < 1.29 is 4.58 Å². The van der Waals surface area contributed by atoms with E-state index in [0.717, 1.165) is 12.2 Å². The smallest absolute Gasteiger partial charge is 0.209 e. The molecule has 1 heterocycles. The third kappa shape index (κ3) is 2.45. The average molecular weight is 291 g/mol. The highest BCUT2D eigenvalue weighted by atomic mass is 15.1. The zero-order chi connectivity index (χ0) is 15.6. The third-order valence-corrected chi connectivity index (χ3v) is 4.38. The Balaban J connectivity index is 1.92. The van der Waals surface area contributed by atoms with Gasteiger partial charge in [0.1, 0.15) is 6.54 Å². The maximum absolute atomic E-state index is 3.35. The monoisotopic (exact) mass is 291 g/mol. The van der Waals surface area contributed by atoms with Crippen molar-refractivity contribution >= 4 is 17.1 Å². The number of rotatable bonds is 4. The van der Waals surface area contributed by atoms with Gasteiger partial charge >= 0.3 is 0 Å². The molecule has 1 aliphatic rings. The van der Waals surface area contributed by atoms with Crippen LogP contribution in [0, 0.1) is 0 Å². The summed E-state index contributed by atoms with van der Waals surface area (Å²) < 4.78 is 2.40. The maximum Gasteiger partial charge on any atom is 0.209 e. The van der Waals surface area contributed by atoms with Crippen molar-refractivity contribution in [2.45, 2.75) is 26.2 Å². The Morgan fingerprint density at radius 3 is 2.41 bits per heavy atom. The van der Waals surface area contributed by atoms with E-state index in [1.54, 1.807) is 0 Å². The molecular weight excluding hydrogens is 268 g/mol. The predicted molar refractivity (Wildman–Crippen MR) is 94.1 cm³/mol. The van der Waals surface area contributed by atoms with Crippen LogP contribution in [0.25, 0.3) is 0 Å². The van der Waals surface area contributed by atoms with Gasteiger partial charge in [0, 0.05) is 29.6 Å². The molecule has 2 aromatic carbocycles. The summed E-state index contributed by atoms with van der Waals surface area (Å²) in [6, 6.07) is 18.9. The summed E-state index contributed by atoms with van der Waals surface area (Å²) in [4.78, 5) is 0. The van der Waals surface area contributed by atoms with E-state index in [2.05, 4.69) is 73.1 Å². The highest BCUT2D eigenvalue weighted by Crippen LogP contribution is 2.39. The van der Waals surface area contributed by atoms with Crippen molar-refractivity contribution in [2.24, 2.45) is 0 Å². The lowest BCUT2D eigenvalue weighted by Crippen LogP contribution is -2.27. The van der Waals surface area contributed by atoms with Crippen molar-refractivity contribution in [1.82, 2.24) is 0 Å². The molecule has 0 spiro atoms. The van der Waals surface area contributed by atoms with Crippen LogP contribution < -0.4 is 5.32 Å². The molecule has 0 aromatic heterocycles. The molecule has 22 heavy (non-hydrogen) atoms. The fourth-order valence-electron chi connectivity index (χ4n) is 3.23. The molecule has 0 atom stereocenters. The lowest BCUT2D eigenvalue weighted by Gasteiger charge is -2.15. The van der Waals surface area contributed by atoms with Crippen LogP contribution in [0.15, 0.2) is 66.9 Å². The van der Waals surface area contributed by atoms with Crippen molar-refractivity contribution in [1.29, 1.82) is 0 Å². The molecule has 0 amide bonds. The number of hydrogen-bond donors (Lipinski definition) is 1. The molecule has 2 nitrogen and oxygen atoms in total. The van der Waals surface area contributed by atoms with Gasteiger partial charge in [-0.1, -0.05) is 36.4 Å². The topological polar surface area (TPSA) is 15.0 Å². The predicted octanol–water partition coefficient (Wildman–Crippen LogP) is 4.71. The zero-order valence-electron chi connectivity index (χ0n) is 13.5. The second-order valence-electron chi connectivity index (χ2n) is 6.12. The fourth-order valence-corrected chi connectivity index (χ4v) is 3.23. The summed E-state index contributed by atoms with van der Waals surface area (Å²) >= 11 is 0. The van der Waals surface area contributed by atoms with Crippen molar-refractivity contribution in [2.75, 3.05) is 11.9 Å². The number of para-hydroxylation sites is 2. The Bertz CT molecular complexity index is 724. The standard InChI is InChI=1S/C20H22N2/c1-4-22-18-13-9-8-12-17(18)20(2,3)19(22)14-15-21-16-10-6-5-7-11-16/h5-15H,4H2,1-3H3/p+1. The average Bonchev–Trinajstić information content (AvgIpc) is 2.76. The van der Waals surface area contributed by atoms with Gasteiger partial charge in [-0.15, -0.1) is 0 Å². The fraction of sp³-hybridized carbons (Fsp3) is 0.250. The van der Waals surface area contributed by atoms with Crippen LogP contribution in [0.3, 0.4) is 0 Å². The van der Waals surface area contributed by atoms with E-state index in [1.165, 1.54) is 17.0 Å². The molecule has 0 radical (unpaired) electrons. The SMILES string of the molecule is CC[N+]1=C(C=CNc2ccccc2)C(C)(C)c2ccccc21. The van der Waals surface area contributed by atoms with Gasteiger partial charge in [0.25, 0.3) is 0 Å². The number of allylic oxidation sites excluding steroid dienone is 1. The summed E-state index contributed by atoms with van der Waals surface area (Å²) in [6.07, 6.45) is 4.25. The molecule has 0 saturated carbocycles. The molecule has 0 unspecified atom stereocenters. The number of nitrogens with zero attached hydrogens (tertiary/aromatic N) is 1. The lowest BCUT2D eigenvalue weighted by molar-refractivity contribution is -0.433. The quantitative estimate of drug-likeness (QED) is 0.806. The van der Waals surface area contributed by atoms with Crippen molar-refractivity contribution in [3.8, 4) is 0 Å². The maximum atomic E-state index is 3.35. The van der Waals surface area contributed by atoms with Gasteiger partial charge in [-0.05, 0) is 32.9 Å². The van der Waals surface area contributed by atoms with E-state index >= 15 is 0 Å². The molecule has 1 aliphatic heterocycles. The first-order chi connectivity index (χ1) is 10.6. The minimum atomic E-state index is 0.0292. The molecule has 0 bridgehead atoms.